The summed E-state index contributed by atoms with van der Waals surface area (Å²) < 4.78 is 4.76. The Morgan fingerprint density at radius 1 is 1.42 bits per heavy atom. The van der Waals surface area contributed by atoms with Crippen molar-refractivity contribution in [2.45, 2.75) is 26.2 Å². The minimum absolute atomic E-state index is 0.0975. The molecule has 0 amide bonds. The normalized spacial score (nSPS) is 32.8. The number of esters is 1. The van der Waals surface area contributed by atoms with Gasteiger partial charge in [0.15, 0.2) is 0 Å². The van der Waals surface area contributed by atoms with Crippen molar-refractivity contribution in [2.24, 2.45) is 11.8 Å². The Morgan fingerprint density at radius 2 is 2.08 bits per heavy atom. The maximum atomic E-state index is 11.3. The van der Waals surface area contributed by atoms with Crippen molar-refractivity contribution in [2.75, 3.05) is 7.11 Å². The highest BCUT2D eigenvalue weighted by atomic mass is 16.5. The molecule has 0 saturated heterocycles. The number of hydrogen-bond donors (Lipinski definition) is 0. The van der Waals surface area contributed by atoms with Gasteiger partial charge in [0.05, 0.1) is 7.11 Å². The number of rotatable bonds is 1. The lowest BCUT2D eigenvalue weighted by Crippen LogP contribution is -2.13. The van der Waals surface area contributed by atoms with Gasteiger partial charge in [0.25, 0.3) is 0 Å². The third-order valence-corrected chi connectivity index (χ3v) is 3.28. The van der Waals surface area contributed by atoms with E-state index in [2.05, 4.69) is 6.92 Å². The molecule has 0 spiro atoms. The Hall–Kier alpha value is -0.790. The maximum absolute atomic E-state index is 11.3. The van der Waals surface area contributed by atoms with Crippen LogP contribution in [-0.2, 0) is 9.53 Å². The molecule has 66 valence electrons. The van der Waals surface area contributed by atoms with Crippen LogP contribution in [0.5, 0.6) is 0 Å². The van der Waals surface area contributed by atoms with Gasteiger partial charge in [0.1, 0.15) is 0 Å². The molecule has 0 aromatic carbocycles. The van der Waals surface area contributed by atoms with E-state index < -0.39 is 0 Å². The summed E-state index contributed by atoms with van der Waals surface area (Å²) in [5.74, 6) is 1.10. The number of ether oxygens (including phenoxy) is 1. The van der Waals surface area contributed by atoms with Gasteiger partial charge in [-0.2, -0.15) is 0 Å². The van der Waals surface area contributed by atoms with E-state index in [9.17, 15) is 4.79 Å². The summed E-state index contributed by atoms with van der Waals surface area (Å²) in [4.78, 5) is 11.3. The van der Waals surface area contributed by atoms with E-state index in [0.717, 1.165) is 5.57 Å². The van der Waals surface area contributed by atoms with Gasteiger partial charge in [-0.05, 0) is 38.0 Å². The zero-order valence-electron chi connectivity index (χ0n) is 7.59. The number of allylic oxidation sites excluding steroid dienone is 1. The van der Waals surface area contributed by atoms with Crippen LogP contribution in [-0.4, -0.2) is 13.1 Å². The fraction of sp³-hybridized carbons (Fsp3) is 0.700. The first-order chi connectivity index (χ1) is 5.74. The van der Waals surface area contributed by atoms with Gasteiger partial charge in [-0.25, -0.2) is 4.79 Å². The molecule has 2 rings (SSSR count). The van der Waals surface area contributed by atoms with Gasteiger partial charge in [0, 0.05) is 5.57 Å². The van der Waals surface area contributed by atoms with E-state index in [0.29, 0.717) is 11.8 Å². The second-order valence-corrected chi connectivity index (χ2v) is 3.80. The molecule has 0 aromatic rings. The van der Waals surface area contributed by atoms with Crippen LogP contribution in [0.3, 0.4) is 0 Å². The lowest BCUT2D eigenvalue weighted by atomic mass is 9.93. The third kappa shape index (κ3) is 0.904. The maximum Gasteiger partial charge on any atom is 0.333 e. The van der Waals surface area contributed by atoms with E-state index in [1.807, 2.05) is 0 Å². The summed E-state index contributed by atoms with van der Waals surface area (Å²) in [7, 11) is 1.47. The van der Waals surface area contributed by atoms with E-state index in [-0.39, 0.29) is 5.97 Å². The molecule has 12 heavy (non-hydrogen) atoms. The van der Waals surface area contributed by atoms with Crippen LogP contribution >= 0.6 is 0 Å². The zero-order valence-corrected chi connectivity index (χ0v) is 7.59. The van der Waals surface area contributed by atoms with Crippen LogP contribution in [0, 0.1) is 11.8 Å². The van der Waals surface area contributed by atoms with E-state index in [1.165, 1.54) is 31.9 Å². The Bertz CT molecular complexity index is 253. The SMILES string of the molecule is COC(=O)C1=C(C)[C@H]2CC[C@@H]1C2. The number of hydrogen-bond acceptors (Lipinski definition) is 2. The highest BCUT2D eigenvalue weighted by Gasteiger charge is 2.40. The molecule has 0 N–H and O–H groups in total. The molecule has 0 radical (unpaired) electrons. The Balaban J connectivity index is 2.29. The summed E-state index contributed by atoms with van der Waals surface area (Å²) >= 11 is 0. The highest BCUT2D eigenvalue weighted by Crippen LogP contribution is 2.48. The minimum Gasteiger partial charge on any atom is -0.466 e. The van der Waals surface area contributed by atoms with E-state index >= 15 is 0 Å². The monoisotopic (exact) mass is 166 g/mol. The Kier molecular flexibility index (Phi) is 1.71. The molecule has 2 nitrogen and oxygen atoms in total. The molecule has 0 aromatic heterocycles. The van der Waals surface area contributed by atoms with Crippen LogP contribution < -0.4 is 0 Å². The predicted molar refractivity (Wildman–Crippen MR) is 45.5 cm³/mol. The molecular formula is C10H14O2. The second-order valence-electron chi connectivity index (χ2n) is 3.80. The first-order valence-electron chi connectivity index (χ1n) is 4.53. The lowest BCUT2D eigenvalue weighted by molar-refractivity contribution is -0.136. The topological polar surface area (TPSA) is 26.3 Å². The average Bonchev–Trinajstić information content (AvgIpc) is 2.63. The summed E-state index contributed by atoms with van der Waals surface area (Å²) in [5, 5.41) is 0. The number of carbonyl (C=O) groups excluding carboxylic acids is 1. The van der Waals surface area contributed by atoms with Crippen molar-refractivity contribution in [3.8, 4) is 0 Å². The van der Waals surface area contributed by atoms with Gasteiger partial charge in [-0.3, -0.25) is 0 Å². The smallest absolute Gasteiger partial charge is 0.333 e. The number of fused-ring (bicyclic) bond motifs is 2. The largest absolute Gasteiger partial charge is 0.466 e. The first-order valence-corrected chi connectivity index (χ1v) is 4.53. The molecule has 2 aliphatic carbocycles. The molecule has 2 atom stereocenters. The van der Waals surface area contributed by atoms with Crippen LogP contribution in [0.2, 0.25) is 0 Å². The zero-order chi connectivity index (χ0) is 8.72. The van der Waals surface area contributed by atoms with Crippen molar-refractivity contribution in [3.05, 3.63) is 11.1 Å². The minimum atomic E-state index is -0.0975. The molecule has 0 aliphatic heterocycles. The van der Waals surface area contributed by atoms with Crippen molar-refractivity contribution in [1.82, 2.24) is 0 Å². The standard InChI is InChI=1S/C10H14O2/c1-6-7-3-4-8(5-7)9(6)10(11)12-2/h7-8H,3-5H2,1-2H3/t7-,8+/m0/s1. The average molecular weight is 166 g/mol. The fourth-order valence-corrected chi connectivity index (χ4v) is 2.62. The van der Waals surface area contributed by atoms with E-state index in [4.69, 9.17) is 4.74 Å². The molecule has 2 heteroatoms. The van der Waals surface area contributed by atoms with Crippen molar-refractivity contribution >= 4 is 5.97 Å². The molecule has 0 unspecified atom stereocenters. The molecular weight excluding hydrogens is 152 g/mol. The van der Waals surface area contributed by atoms with Gasteiger partial charge in [-0.1, -0.05) is 5.57 Å². The van der Waals surface area contributed by atoms with E-state index in [1.54, 1.807) is 0 Å². The quantitative estimate of drug-likeness (QED) is 0.556. The van der Waals surface area contributed by atoms with Crippen LogP contribution in [0.15, 0.2) is 11.1 Å². The van der Waals surface area contributed by atoms with Crippen LogP contribution in [0.4, 0.5) is 0 Å². The molecule has 1 saturated carbocycles. The summed E-state index contributed by atoms with van der Waals surface area (Å²) in [6.45, 7) is 2.08. The summed E-state index contributed by atoms with van der Waals surface area (Å²) in [6.07, 6.45) is 3.65. The Morgan fingerprint density at radius 3 is 2.58 bits per heavy atom. The number of carbonyl (C=O) groups is 1. The molecule has 0 heterocycles. The van der Waals surface area contributed by atoms with Crippen molar-refractivity contribution in [3.63, 3.8) is 0 Å². The van der Waals surface area contributed by atoms with Gasteiger partial charge < -0.3 is 4.74 Å². The summed E-state index contributed by atoms with van der Waals surface area (Å²) in [5.41, 5.74) is 2.27. The van der Waals surface area contributed by atoms with Crippen molar-refractivity contribution in [1.29, 1.82) is 0 Å². The first kappa shape index (κ1) is 7.84. The van der Waals surface area contributed by atoms with Gasteiger partial charge >= 0.3 is 5.97 Å². The van der Waals surface area contributed by atoms with Gasteiger partial charge in [0.2, 0.25) is 0 Å². The highest BCUT2D eigenvalue weighted by molar-refractivity contribution is 5.90. The molecule has 2 bridgehead atoms. The lowest BCUT2D eigenvalue weighted by Gasteiger charge is -2.14. The molecule has 1 fully saturated rings. The molecule has 2 aliphatic rings. The predicted octanol–water partition coefficient (Wildman–Crippen LogP) is 1.91. The second kappa shape index (κ2) is 2.61. The number of methoxy groups -OCH3 is 1. The fourth-order valence-electron chi connectivity index (χ4n) is 2.62. The summed E-state index contributed by atoms with van der Waals surface area (Å²) in [6, 6.07) is 0. The Labute approximate surface area is 72.6 Å². The van der Waals surface area contributed by atoms with Crippen LogP contribution in [0.25, 0.3) is 0 Å². The third-order valence-electron chi connectivity index (χ3n) is 3.28. The van der Waals surface area contributed by atoms with Crippen LogP contribution in [0.1, 0.15) is 26.2 Å². The van der Waals surface area contributed by atoms with Gasteiger partial charge in [-0.15, -0.1) is 0 Å². The van der Waals surface area contributed by atoms with Crippen molar-refractivity contribution < 1.29 is 9.53 Å².